The number of fused-ring (bicyclic) bond motifs is 6. The predicted molar refractivity (Wildman–Crippen MR) is 214 cm³/mol. The molecule has 10 aromatic rings. The Labute approximate surface area is 295 Å². The Hall–Kier alpha value is -6.84. The van der Waals surface area contributed by atoms with Crippen LogP contribution >= 0.6 is 0 Å². The van der Waals surface area contributed by atoms with Gasteiger partial charge in [-0.2, -0.15) is 0 Å². The minimum atomic E-state index is 0.867. The molecule has 0 aliphatic carbocycles. The van der Waals surface area contributed by atoms with E-state index in [1.54, 1.807) is 0 Å². The minimum absolute atomic E-state index is 0.867. The summed E-state index contributed by atoms with van der Waals surface area (Å²) < 4.78 is 9.22. The highest BCUT2D eigenvalue weighted by molar-refractivity contribution is 6.18. The lowest BCUT2D eigenvalue weighted by molar-refractivity contribution is 0.670. The van der Waals surface area contributed by atoms with Crippen molar-refractivity contribution in [3.8, 4) is 27.9 Å². The van der Waals surface area contributed by atoms with Crippen LogP contribution in [0.2, 0.25) is 0 Å². The summed E-state index contributed by atoms with van der Waals surface area (Å²) in [4.78, 5) is 2.36. The molecule has 0 unspecified atom stereocenters. The zero-order chi connectivity index (χ0) is 33.7. The maximum atomic E-state index is 6.85. The van der Waals surface area contributed by atoms with Crippen LogP contribution in [-0.2, 0) is 0 Å². The lowest BCUT2D eigenvalue weighted by Gasteiger charge is -2.27. The third kappa shape index (κ3) is 4.82. The van der Waals surface area contributed by atoms with Crippen LogP contribution in [0, 0.1) is 0 Å². The number of rotatable bonds is 6. The van der Waals surface area contributed by atoms with Crippen molar-refractivity contribution < 1.29 is 4.42 Å². The van der Waals surface area contributed by atoms with E-state index in [-0.39, 0.29) is 0 Å². The standard InChI is InChI=1S/C48H32N2O/c1-4-15-33(16-5-1)34-17-14-22-38(31-34)49(36-18-6-2-7-19-36)44-30-29-39(48-47(44)42-24-11-13-26-46(42)51-48)35-27-28-41-40-23-10-12-25-43(40)50(45(41)32-35)37-20-8-3-9-21-37/h1-32H. The second kappa shape index (κ2) is 11.9. The van der Waals surface area contributed by atoms with Gasteiger partial charge in [-0.1, -0.05) is 127 Å². The van der Waals surface area contributed by atoms with Crippen molar-refractivity contribution in [3.05, 3.63) is 194 Å². The summed E-state index contributed by atoms with van der Waals surface area (Å²) in [5.74, 6) is 0. The first-order valence-corrected chi connectivity index (χ1v) is 17.4. The van der Waals surface area contributed by atoms with Crippen molar-refractivity contribution in [3.63, 3.8) is 0 Å². The fraction of sp³-hybridized carbons (Fsp3) is 0. The predicted octanol–water partition coefficient (Wildman–Crippen LogP) is 13.5. The molecule has 240 valence electrons. The van der Waals surface area contributed by atoms with Crippen LogP contribution < -0.4 is 4.90 Å². The molecule has 3 heteroatoms. The summed E-state index contributed by atoms with van der Waals surface area (Å²) in [6.45, 7) is 0. The number of aromatic nitrogens is 1. The number of benzene rings is 8. The largest absolute Gasteiger partial charge is 0.455 e. The molecule has 0 spiro atoms. The molecule has 2 aromatic heterocycles. The fourth-order valence-corrected chi connectivity index (χ4v) is 7.68. The maximum absolute atomic E-state index is 6.85. The fourth-order valence-electron chi connectivity index (χ4n) is 7.68. The summed E-state index contributed by atoms with van der Waals surface area (Å²) in [5.41, 5.74) is 13.0. The van der Waals surface area contributed by atoms with Crippen molar-refractivity contribution in [2.45, 2.75) is 0 Å². The van der Waals surface area contributed by atoms with Crippen LogP contribution in [0.3, 0.4) is 0 Å². The van der Waals surface area contributed by atoms with E-state index < -0.39 is 0 Å². The normalized spacial score (nSPS) is 11.5. The molecule has 51 heavy (non-hydrogen) atoms. The molecule has 10 rings (SSSR count). The molecule has 0 bridgehead atoms. The number of nitrogens with zero attached hydrogens (tertiary/aromatic N) is 2. The Kier molecular flexibility index (Phi) is 6.81. The second-order valence-corrected chi connectivity index (χ2v) is 12.9. The topological polar surface area (TPSA) is 21.3 Å². The van der Waals surface area contributed by atoms with Crippen LogP contribution in [0.25, 0.3) is 71.7 Å². The average molecular weight is 653 g/mol. The Morgan fingerprint density at radius 3 is 1.88 bits per heavy atom. The molecular formula is C48H32N2O. The van der Waals surface area contributed by atoms with E-state index in [0.717, 1.165) is 61.3 Å². The van der Waals surface area contributed by atoms with E-state index >= 15 is 0 Å². The zero-order valence-corrected chi connectivity index (χ0v) is 27.8. The van der Waals surface area contributed by atoms with E-state index in [0.29, 0.717) is 0 Å². The first kappa shape index (κ1) is 29.1. The van der Waals surface area contributed by atoms with Crippen molar-refractivity contribution in [1.29, 1.82) is 0 Å². The molecule has 8 aromatic carbocycles. The summed E-state index contributed by atoms with van der Waals surface area (Å²) >= 11 is 0. The third-order valence-corrected chi connectivity index (χ3v) is 9.97. The number of hydrogen-bond acceptors (Lipinski definition) is 2. The second-order valence-electron chi connectivity index (χ2n) is 12.9. The van der Waals surface area contributed by atoms with Gasteiger partial charge in [-0.25, -0.2) is 0 Å². The van der Waals surface area contributed by atoms with Gasteiger partial charge in [0.1, 0.15) is 11.2 Å². The molecule has 0 saturated heterocycles. The van der Waals surface area contributed by atoms with E-state index in [4.69, 9.17) is 4.42 Å². The summed E-state index contributed by atoms with van der Waals surface area (Å²) in [6, 6.07) is 69.0. The molecule has 0 N–H and O–H groups in total. The highest BCUT2D eigenvalue weighted by Crippen LogP contribution is 2.47. The lowest BCUT2D eigenvalue weighted by atomic mass is 9.98. The Morgan fingerprint density at radius 2 is 1.06 bits per heavy atom. The van der Waals surface area contributed by atoms with Gasteiger partial charge in [-0.3, -0.25) is 0 Å². The SMILES string of the molecule is c1ccc(-c2cccc(N(c3ccccc3)c3ccc(-c4ccc5c6ccccc6n(-c6ccccc6)c5c4)c4oc5ccccc5c34)c2)cc1. The first-order chi connectivity index (χ1) is 25.3. The Morgan fingerprint density at radius 1 is 0.412 bits per heavy atom. The van der Waals surface area contributed by atoms with Crippen molar-refractivity contribution in [2.75, 3.05) is 4.90 Å². The van der Waals surface area contributed by atoms with E-state index in [1.807, 2.05) is 6.07 Å². The number of hydrogen-bond donors (Lipinski definition) is 0. The van der Waals surface area contributed by atoms with Gasteiger partial charge in [0.05, 0.1) is 22.1 Å². The van der Waals surface area contributed by atoms with Crippen LogP contribution in [-0.4, -0.2) is 4.57 Å². The van der Waals surface area contributed by atoms with Gasteiger partial charge in [-0.05, 0) is 83.4 Å². The van der Waals surface area contributed by atoms with Gasteiger partial charge in [-0.15, -0.1) is 0 Å². The highest BCUT2D eigenvalue weighted by atomic mass is 16.3. The Bertz CT molecular complexity index is 2850. The smallest absolute Gasteiger partial charge is 0.145 e. The first-order valence-electron chi connectivity index (χ1n) is 17.4. The molecule has 0 fully saturated rings. The molecule has 0 aliphatic rings. The summed E-state index contributed by atoms with van der Waals surface area (Å²) in [7, 11) is 0. The summed E-state index contributed by atoms with van der Waals surface area (Å²) in [6.07, 6.45) is 0. The summed E-state index contributed by atoms with van der Waals surface area (Å²) in [5, 5.41) is 4.64. The molecule has 0 amide bonds. The molecule has 3 nitrogen and oxygen atoms in total. The lowest BCUT2D eigenvalue weighted by Crippen LogP contribution is -2.10. The van der Waals surface area contributed by atoms with Crippen LogP contribution in [0.4, 0.5) is 17.1 Å². The molecular weight excluding hydrogens is 621 g/mol. The minimum Gasteiger partial charge on any atom is -0.455 e. The van der Waals surface area contributed by atoms with Gasteiger partial charge in [0.15, 0.2) is 0 Å². The maximum Gasteiger partial charge on any atom is 0.145 e. The quantitative estimate of drug-likeness (QED) is 0.178. The van der Waals surface area contributed by atoms with E-state index in [2.05, 4.69) is 198 Å². The molecule has 2 heterocycles. The van der Waals surface area contributed by atoms with Crippen LogP contribution in [0.15, 0.2) is 199 Å². The van der Waals surface area contributed by atoms with Crippen molar-refractivity contribution >= 4 is 60.8 Å². The van der Waals surface area contributed by atoms with Crippen molar-refractivity contribution in [2.24, 2.45) is 0 Å². The van der Waals surface area contributed by atoms with Gasteiger partial charge in [0, 0.05) is 38.8 Å². The van der Waals surface area contributed by atoms with Crippen LogP contribution in [0.5, 0.6) is 0 Å². The molecule has 0 aliphatic heterocycles. The molecule has 0 radical (unpaired) electrons. The third-order valence-electron chi connectivity index (χ3n) is 9.97. The van der Waals surface area contributed by atoms with E-state index in [1.165, 1.54) is 27.4 Å². The van der Waals surface area contributed by atoms with Gasteiger partial charge in [0.25, 0.3) is 0 Å². The van der Waals surface area contributed by atoms with E-state index in [9.17, 15) is 0 Å². The monoisotopic (exact) mass is 652 g/mol. The van der Waals surface area contributed by atoms with Crippen molar-refractivity contribution in [1.82, 2.24) is 4.57 Å². The molecule has 0 atom stereocenters. The molecule has 0 saturated carbocycles. The van der Waals surface area contributed by atoms with Gasteiger partial charge in [0.2, 0.25) is 0 Å². The number of furan rings is 1. The van der Waals surface area contributed by atoms with Gasteiger partial charge >= 0.3 is 0 Å². The van der Waals surface area contributed by atoms with Crippen LogP contribution in [0.1, 0.15) is 0 Å². The number of para-hydroxylation sites is 4. The average Bonchev–Trinajstić information content (AvgIpc) is 3.76. The zero-order valence-electron chi connectivity index (χ0n) is 27.8. The highest BCUT2D eigenvalue weighted by Gasteiger charge is 2.23. The van der Waals surface area contributed by atoms with Gasteiger partial charge < -0.3 is 13.9 Å². The number of anilines is 3. The Balaban J connectivity index is 1.23.